The zero-order valence-electron chi connectivity index (χ0n) is 11.2. The van der Waals surface area contributed by atoms with Crippen LogP contribution in [0.25, 0.3) is 0 Å². The molecular formula is C13H13F2N3O3. The largest absolute Gasteiger partial charge is 0.320 e. The third kappa shape index (κ3) is 3.22. The molecule has 8 heteroatoms. The van der Waals surface area contributed by atoms with E-state index in [4.69, 9.17) is 0 Å². The van der Waals surface area contributed by atoms with E-state index in [9.17, 15) is 23.2 Å². The molecule has 0 spiro atoms. The third-order valence-electron chi connectivity index (χ3n) is 3.12. The lowest BCUT2D eigenvalue weighted by molar-refractivity contribution is -0.137. The van der Waals surface area contributed by atoms with Crippen LogP contribution in [0.2, 0.25) is 0 Å². The van der Waals surface area contributed by atoms with Crippen molar-refractivity contribution in [1.29, 1.82) is 0 Å². The molecule has 112 valence electrons. The van der Waals surface area contributed by atoms with Crippen LogP contribution in [0.1, 0.15) is 6.42 Å². The Bertz CT molecular complexity index is 586. The zero-order valence-corrected chi connectivity index (χ0v) is 11.2. The first-order valence-electron chi connectivity index (χ1n) is 6.18. The average Bonchev–Trinajstić information content (AvgIpc) is 2.68. The number of carbonyl (C=O) groups is 3. The Hall–Kier alpha value is -2.35. The van der Waals surface area contributed by atoms with Crippen molar-refractivity contribution in [2.24, 2.45) is 0 Å². The van der Waals surface area contributed by atoms with Crippen LogP contribution in [0, 0.1) is 11.6 Å². The van der Waals surface area contributed by atoms with Crippen LogP contribution in [0.15, 0.2) is 18.2 Å². The Kier molecular flexibility index (Phi) is 4.27. The zero-order chi connectivity index (χ0) is 15.6. The van der Waals surface area contributed by atoms with Crippen molar-refractivity contribution >= 4 is 23.4 Å². The lowest BCUT2D eigenvalue weighted by atomic mass is 10.2. The molecule has 1 saturated heterocycles. The molecule has 6 nitrogen and oxygen atoms in total. The standard InChI is InChI=1S/C13H13F2N3O3/c1-18-11(20)5-9(13(18)21)16-6-10(19)17-12-7(14)3-2-4-8(12)15/h2-4,9,16H,5-6H2,1H3,(H,17,19). The number of likely N-dealkylation sites (tertiary alicyclic amines) is 1. The molecule has 1 aliphatic heterocycles. The Morgan fingerprint density at radius 1 is 1.33 bits per heavy atom. The van der Waals surface area contributed by atoms with Crippen LogP contribution in [-0.4, -0.2) is 42.3 Å². The van der Waals surface area contributed by atoms with Gasteiger partial charge in [0.25, 0.3) is 0 Å². The fraction of sp³-hybridized carbons (Fsp3) is 0.308. The molecule has 1 aromatic rings. The summed E-state index contributed by atoms with van der Waals surface area (Å²) >= 11 is 0. The number of hydrogen-bond donors (Lipinski definition) is 2. The second-order valence-corrected chi connectivity index (χ2v) is 4.57. The van der Waals surface area contributed by atoms with E-state index in [1.807, 2.05) is 0 Å². The molecule has 1 unspecified atom stereocenters. The van der Waals surface area contributed by atoms with Gasteiger partial charge in [-0.2, -0.15) is 0 Å². The number of benzene rings is 1. The van der Waals surface area contributed by atoms with Gasteiger partial charge in [-0.15, -0.1) is 0 Å². The topological polar surface area (TPSA) is 78.5 Å². The molecule has 0 aliphatic carbocycles. The van der Waals surface area contributed by atoms with E-state index in [2.05, 4.69) is 10.6 Å². The number of halogens is 2. The van der Waals surface area contributed by atoms with Gasteiger partial charge in [-0.05, 0) is 12.1 Å². The number of anilines is 1. The summed E-state index contributed by atoms with van der Waals surface area (Å²) in [5.41, 5.74) is -0.546. The minimum atomic E-state index is -0.893. The van der Waals surface area contributed by atoms with Gasteiger partial charge in [0.1, 0.15) is 17.3 Å². The number of carbonyl (C=O) groups excluding carboxylic acids is 3. The molecule has 21 heavy (non-hydrogen) atoms. The number of nitrogens with zero attached hydrogens (tertiary/aromatic N) is 1. The molecule has 1 atom stereocenters. The molecule has 0 bridgehead atoms. The number of rotatable bonds is 4. The first kappa shape index (κ1) is 15.0. The van der Waals surface area contributed by atoms with E-state index in [1.165, 1.54) is 13.1 Å². The van der Waals surface area contributed by atoms with Crippen molar-refractivity contribution in [2.75, 3.05) is 18.9 Å². The van der Waals surface area contributed by atoms with Crippen molar-refractivity contribution in [2.45, 2.75) is 12.5 Å². The van der Waals surface area contributed by atoms with E-state index >= 15 is 0 Å². The van der Waals surface area contributed by atoms with Gasteiger partial charge >= 0.3 is 0 Å². The summed E-state index contributed by atoms with van der Waals surface area (Å²) in [6, 6.07) is 2.41. The van der Waals surface area contributed by atoms with Crippen LogP contribution in [-0.2, 0) is 14.4 Å². The van der Waals surface area contributed by atoms with Gasteiger partial charge in [0.15, 0.2) is 0 Å². The van der Waals surface area contributed by atoms with Crippen molar-refractivity contribution < 1.29 is 23.2 Å². The predicted octanol–water partition coefficient (Wildman–Crippen LogP) is 0.250. The number of para-hydroxylation sites is 1. The van der Waals surface area contributed by atoms with Crippen LogP contribution in [0.4, 0.5) is 14.5 Å². The van der Waals surface area contributed by atoms with Crippen molar-refractivity contribution in [3.63, 3.8) is 0 Å². The van der Waals surface area contributed by atoms with Gasteiger partial charge < -0.3 is 5.32 Å². The number of amides is 3. The Labute approximate surface area is 119 Å². The highest BCUT2D eigenvalue weighted by Crippen LogP contribution is 2.17. The number of imide groups is 1. The summed E-state index contributed by atoms with van der Waals surface area (Å²) in [5.74, 6) is -3.29. The van der Waals surface area contributed by atoms with E-state index in [0.29, 0.717) is 0 Å². The van der Waals surface area contributed by atoms with E-state index in [-0.39, 0.29) is 18.9 Å². The van der Waals surface area contributed by atoms with Gasteiger partial charge in [0.2, 0.25) is 17.7 Å². The average molecular weight is 297 g/mol. The van der Waals surface area contributed by atoms with Gasteiger partial charge in [-0.3, -0.25) is 24.6 Å². The maximum atomic E-state index is 13.3. The van der Waals surface area contributed by atoms with E-state index < -0.39 is 35.2 Å². The Balaban J connectivity index is 1.92. The normalized spacial score (nSPS) is 18.2. The molecule has 1 aromatic carbocycles. The molecule has 1 heterocycles. The Morgan fingerprint density at radius 3 is 2.48 bits per heavy atom. The highest BCUT2D eigenvalue weighted by atomic mass is 19.1. The highest BCUT2D eigenvalue weighted by molar-refractivity contribution is 6.05. The first-order chi connectivity index (χ1) is 9.90. The third-order valence-corrected chi connectivity index (χ3v) is 3.12. The molecule has 0 radical (unpaired) electrons. The lowest BCUT2D eigenvalue weighted by Gasteiger charge is -2.11. The molecule has 0 aromatic heterocycles. The second kappa shape index (κ2) is 5.96. The van der Waals surface area contributed by atoms with Crippen LogP contribution in [0.3, 0.4) is 0 Å². The number of hydrogen-bond acceptors (Lipinski definition) is 4. The van der Waals surface area contributed by atoms with Crippen LogP contribution in [0.5, 0.6) is 0 Å². The second-order valence-electron chi connectivity index (χ2n) is 4.57. The molecular weight excluding hydrogens is 284 g/mol. The predicted molar refractivity (Wildman–Crippen MR) is 69.2 cm³/mol. The maximum absolute atomic E-state index is 13.3. The smallest absolute Gasteiger partial charge is 0.246 e. The molecule has 2 rings (SSSR count). The van der Waals surface area contributed by atoms with Gasteiger partial charge in [0.05, 0.1) is 19.0 Å². The van der Waals surface area contributed by atoms with E-state index in [0.717, 1.165) is 17.0 Å². The fourth-order valence-electron chi connectivity index (χ4n) is 1.93. The summed E-state index contributed by atoms with van der Waals surface area (Å²) in [4.78, 5) is 35.5. The Morgan fingerprint density at radius 2 is 1.95 bits per heavy atom. The molecule has 1 fully saturated rings. The van der Waals surface area contributed by atoms with Crippen LogP contribution < -0.4 is 10.6 Å². The molecule has 1 aliphatic rings. The summed E-state index contributed by atoms with van der Waals surface area (Å²) in [6.07, 6.45) is -0.0450. The first-order valence-corrected chi connectivity index (χ1v) is 6.18. The van der Waals surface area contributed by atoms with Gasteiger partial charge in [-0.1, -0.05) is 6.07 Å². The molecule has 0 saturated carbocycles. The van der Waals surface area contributed by atoms with Crippen LogP contribution >= 0.6 is 0 Å². The monoisotopic (exact) mass is 297 g/mol. The number of nitrogens with one attached hydrogen (secondary N) is 2. The van der Waals surface area contributed by atoms with Gasteiger partial charge in [-0.25, -0.2) is 8.78 Å². The minimum Gasteiger partial charge on any atom is -0.320 e. The maximum Gasteiger partial charge on any atom is 0.246 e. The summed E-state index contributed by atoms with van der Waals surface area (Å²) in [5, 5.41) is 4.66. The highest BCUT2D eigenvalue weighted by Gasteiger charge is 2.35. The van der Waals surface area contributed by atoms with E-state index in [1.54, 1.807) is 0 Å². The van der Waals surface area contributed by atoms with Crippen molar-refractivity contribution in [3.8, 4) is 0 Å². The van der Waals surface area contributed by atoms with Crippen molar-refractivity contribution in [1.82, 2.24) is 10.2 Å². The molecule has 3 amide bonds. The summed E-state index contributed by atoms with van der Waals surface area (Å²) in [7, 11) is 1.35. The number of likely N-dealkylation sites (N-methyl/N-ethyl adjacent to an activating group) is 1. The van der Waals surface area contributed by atoms with Crippen molar-refractivity contribution in [3.05, 3.63) is 29.8 Å². The summed E-state index contributed by atoms with van der Waals surface area (Å²) < 4.78 is 26.7. The fourth-order valence-corrected chi connectivity index (χ4v) is 1.93. The van der Waals surface area contributed by atoms with Gasteiger partial charge in [0, 0.05) is 7.05 Å². The quantitative estimate of drug-likeness (QED) is 0.781. The lowest BCUT2D eigenvalue weighted by Crippen LogP contribution is -2.41. The SMILES string of the molecule is CN1C(=O)CC(NCC(=O)Nc2c(F)cccc2F)C1=O. The molecule has 2 N–H and O–H groups in total. The summed E-state index contributed by atoms with van der Waals surface area (Å²) in [6.45, 7) is -0.342. The minimum absolute atomic E-state index is 0.0450.